The first-order chi connectivity index (χ1) is 14.7. The fourth-order valence-electron chi connectivity index (χ4n) is 2.79. The second kappa shape index (κ2) is 9.54. The maximum absolute atomic E-state index is 14.0. The van der Waals surface area contributed by atoms with E-state index in [0.717, 1.165) is 12.1 Å². The smallest absolute Gasteiger partial charge is 0.244 e. The molecule has 0 aliphatic rings. The molecular weight excluding hydrogens is 443 g/mol. The summed E-state index contributed by atoms with van der Waals surface area (Å²) in [6, 6.07) is 10.7. The fourth-order valence-corrected chi connectivity index (χ4v) is 4.65. The molecule has 0 aliphatic carbocycles. The maximum Gasteiger partial charge on any atom is 0.244 e. The Morgan fingerprint density at radius 1 is 1.16 bits per heavy atom. The first-order valence-electron chi connectivity index (χ1n) is 9.23. The van der Waals surface area contributed by atoms with Gasteiger partial charge in [-0.15, -0.1) is 5.10 Å². The highest BCUT2D eigenvalue weighted by atomic mass is 32.2. The van der Waals surface area contributed by atoms with E-state index in [2.05, 4.69) is 25.6 Å². The molecule has 1 aromatic heterocycles. The van der Waals surface area contributed by atoms with E-state index in [1.54, 1.807) is 38.1 Å². The van der Waals surface area contributed by atoms with E-state index < -0.39 is 38.6 Å². The molecule has 0 saturated carbocycles. The fraction of sp³-hybridized carbons (Fsp3) is 0.263. The molecule has 0 fully saturated rings. The van der Waals surface area contributed by atoms with E-state index in [1.165, 1.54) is 28.6 Å². The predicted octanol–water partition coefficient (Wildman–Crippen LogP) is 2.46. The third kappa shape index (κ3) is 5.27. The van der Waals surface area contributed by atoms with Gasteiger partial charge in [0.2, 0.25) is 21.1 Å². The van der Waals surface area contributed by atoms with Gasteiger partial charge in [0.15, 0.2) is 0 Å². The number of aromatic nitrogens is 4. The summed E-state index contributed by atoms with van der Waals surface area (Å²) >= 11 is 1.36. The topological polar surface area (TPSA) is 119 Å². The number of tetrazole rings is 1. The Balaban J connectivity index is 1.82. The molecule has 1 amide bonds. The maximum atomic E-state index is 14.0. The third-order valence-corrected chi connectivity index (χ3v) is 6.43. The van der Waals surface area contributed by atoms with Gasteiger partial charge in [-0.05, 0) is 52.9 Å². The number of hydrogen-bond acceptors (Lipinski definition) is 7. The van der Waals surface area contributed by atoms with Crippen molar-refractivity contribution in [3.05, 3.63) is 54.3 Å². The Morgan fingerprint density at radius 3 is 2.58 bits per heavy atom. The zero-order valence-electron chi connectivity index (χ0n) is 17.0. The highest BCUT2D eigenvalue weighted by molar-refractivity contribution is 7.98. The van der Waals surface area contributed by atoms with Gasteiger partial charge < -0.3 is 5.32 Å². The van der Waals surface area contributed by atoms with E-state index in [4.69, 9.17) is 0 Å². The molecule has 0 bridgehead atoms. The highest BCUT2D eigenvalue weighted by Gasteiger charge is 2.30. The first kappa shape index (κ1) is 22.8. The minimum Gasteiger partial charge on any atom is -0.325 e. The largest absolute Gasteiger partial charge is 0.325 e. The van der Waals surface area contributed by atoms with Crippen LogP contribution in [0.1, 0.15) is 13.8 Å². The lowest BCUT2D eigenvalue weighted by molar-refractivity contribution is -0.118. The molecule has 0 aliphatic heterocycles. The Morgan fingerprint density at radius 2 is 1.90 bits per heavy atom. The Hall–Kier alpha value is -2.83. The van der Waals surface area contributed by atoms with Crippen LogP contribution in [0.25, 0.3) is 5.69 Å². The molecular formula is C19H21FN6O3S2. The minimum absolute atomic E-state index is 0.396. The number of carbonyl (C=O) groups excluding carboxylic acids is 1. The molecule has 9 nitrogen and oxygen atoms in total. The number of rotatable bonds is 8. The summed E-state index contributed by atoms with van der Waals surface area (Å²) in [5, 5.41) is 14.7. The van der Waals surface area contributed by atoms with Crippen LogP contribution in [0.3, 0.4) is 0 Å². The highest BCUT2D eigenvalue weighted by Crippen LogP contribution is 2.20. The number of nitrogens with one attached hydrogen (secondary N) is 2. The van der Waals surface area contributed by atoms with Crippen molar-refractivity contribution < 1.29 is 17.6 Å². The average Bonchev–Trinajstić information content (AvgIpc) is 3.21. The van der Waals surface area contributed by atoms with Gasteiger partial charge in [-0.1, -0.05) is 43.8 Å². The normalized spacial score (nSPS) is 12.7. The summed E-state index contributed by atoms with van der Waals surface area (Å²) in [5.74, 6) is -1.86. The van der Waals surface area contributed by atoms with Gasteiger partial charge in [-0.25, -0.2) is 12.8 Å². The Labute approximate surface area is 183 Å². The van der Waals surface area contributed by atoms with Crippen molar-refractivity contribution >= 4 is 33.4 Å². The number of hydrogen-bond donors (Lipinski definition) is 2. The van der Waals surface area contributed by atoms with Crippen LogP contribution in [0.15, 0.2) is 58.6 Å². The van der Waals surface area contributed by atoms with Gasteiger partial charge >= 0.3 is 0 Å². The van der Waals surface area contributed by atoms with Gasteiger partial charge in [-0.3, -0.25) is 4.79 Å². The third-order valence-electron chi connectivity index (χ3n) is 4.34. The summed E-state index contributed by atoms with van der Waals surface area (Å²) in [6.45, 7) is 3.38. The molecule has 0 unspecified atom stereocenters. The van der Waals surface area contributed by atoms with Gasteiger partial charge in [0.25, 0.3) is 0 Å². The number of halogens is 1. The van der Waals surface area contributed by atoms with Crippen LogP contribution >= 0.6 is 11.8 Å². The molecule has 0 saturated heterocycles. The molecule has 0 radical (unpaired) electrons. The van der Waals surface area contributed by atoms with Gasteiger partial charge in [0.05, 0.1) is 5.69 Å². The van der Waals surface area contributed by atoms with Crippen LogP contribution in [-0.2, 0) is 14.8 Å². The van der Waals surface area contributed by atoms with Crippen molar-refractivity contribution in [2.75, 3.05) is 11.6 Å². The minimum atomic E-state index is -4.24. The quantitative estimate of drug-likeness (QED) is 0.492. The molecule has 3 rings (SSSR count). The monoisotopic (exact) mass is 464 g/mol. The van der Waals surface area contributed by atoms with Gasteiger partial charge in [0, 0.05) is 5.69 Å². The van der Waals surface area contributed by atoms with Crippen LogP contribution in [0.2, 0.25) is 0 Å². The van der Waals surface area contributed by atoms with Gasteiger partial charge in [-0.2, -0.15) is 9.40 Å². The number of benzene rings is 2. The summed E-state index contributed by atoms with van der Waals surface area (Å²) in [6.07, 6.45) is 1.84. The van der Waals surface area contributed by atoms with Crippen LogP contribution in [0.4, 0.5) is 10.1 Å². The van der Waals surface area contributed by atoms with E-state index in [1.807, 2.05) is 6.26 Å². The second-order valence-corrected chi connectivity index (χ2v) is 9.35. The molecule has 3 aromatic rings. The van der Waals surface area contributed by atoms with Crippen LogP contribution in [-0.4, -0.2) is 46.8 Å². The number of carbonyl (C=O) groups is 1. The van der Waals surface area contributed by atoms with E-state index >= 15 is 0 Å². The molecule has 2 aromatic carbocycles. The molecule has 2 N–H and O–H groups in total. The van der Waals surface area contributed by atoms with Crippen molar-refractivity contribution in [1.29, 1.82) is 0 Å². The van der Waals surface area contributed by atoms with Crippen molar-refractivity contribution in [3.63, 3.8) is 0 Å². The molecule has 1 atom stereocenters. The second-order valence-electron chi connectivity index (χ2n) is 6.89. The van der Waals surface area contributed by atoms with Crippen molar-refractivity contribution in [2.45, 2.75) is 29.9 Å². The SMILES string of the molecule is CSc1nnnn1-c1cccc(NC(=O)[C@@H](NS(=O)(=O)c2ccccc2F)C(C)C)c1. The van der Waals surface area contributed by atoms with E-state index in [-0.39, 0.29) is 0 Å². The van der Waals surface area contributed by atoms with Crippen molar-refractivity contribution in [2.24, 2.45) is 5.92 Å². The van der Waals surface area contributed by atoms with Crippen LogP contribution in [0, 0.1) is 11.7 Å². The zero-order valence-corrected chi connectivity index (χ0v) is 18.6. The molecule has 12 heteroatoms. The van der Waals surface area contributed by atoms with Crippen LogP contribution in [0.5, 0.6) is 0 Å². The summed E-state index contributed by atoms with van der Waals surface area (Å²) < 4.78 is 43.1. The van der Waals surface area contributed by atoms with E-state index in [9.17, 15) is 17.6 Å². The first-order valence-corrected chi connectivity index (χ1v) is 11.9. The summed E-state index contributed by atoms with van der Waals surface area (Å²) in [7, 11) is -4.24. The molecule has 164 valence electrons. The Kier molecular flexibility index (Phi) is 7.03. The number of nitrogens with zero attached hydrogens (tertiary/aromatic N) is 4. The number of anilines is 1. The zero-order chi connectivity index (χ0) is 22.6. The lowest BCUT2D eigenvalue weighted by Crippen LogP contribution is -2.47. The lowest BCUT2D eigenvalue weighted by Gasteiger charge is -2.22. The molecule has 31 heavy (non-hydrogen) atoms. The lowest BCUT2D eigenvalue weighted by atomic mass is 10.0. The van der Waals surface area contributed by atoms with E-state index in [0.29, 0.717) is 16.5 Å². The standard InChI is InChI=1S/C19H21FN6O3S2/c1-12(2)17(23-31(28,29)16-10-5-4-9-15(16)20)18(27)21-13-7-6-8-14(11-13)26-19(30-3)22-24-25-26/h4-12,17,23H,1-3H3,(H,21,27)/t17-/m0/s1. The molecule has 1 heterocycles. The summed E-state index contributed by atoms with van der Waals surface area (Å²) in [5.41, 5.74) is 1.06. The van der Waals surface area contributed by atoms with Crippen molar-refractivity contribution in [3.8, 4) is 5.69 Å². The van der Waals surface area contributed by atoms with Gasteiger partial charge in [0.1, 0.15) is 16.8 Å². The van der Waals surface area contributed by atoms with Crippen molar-refractivity contribution in [1.82, 2.24) is 24.9 Å². The average molecular weight is 465 g/mol. The predicted molar refractivity (Wildman–Crippen MR) is 115 cm³/mol. The number of sulfonamides is 1. The van der Waals surface area contributed by atoms with Crippen LogP contribution < -0.4 is 10.0 Å². The summed E-state index contributed by atoms with van der Waals surface area (Å²) in [4.78, 5) is 12.4. The number of thioether (sulfide) groups is 1. The Bertz CT molecular complexity index is 1180. The molecule has 0 spiro atoms. The number of amides is 1.